The molecule has 2 nitrogen and oxygen atoms in total. The van der Waals surface area contributed by atoms with Gasteiger partial charge in [0.25, 0.3) is 0 Å². The average Bonchev–Trinajstić information content (AvgIpc) is 2.38. The Balaban J connectivity index is 1.76. The molecule has 0 aliphatic carbocycles. The van der Waals surface area contributed by atoms with Crippen LogP contribution in [0.5, 0.6) is 0 Å². The maximum Gasteiger partial charge on any atom is 0.0409 e. The van der Waals surface area contributed by atoms with Gasteiger partial charge in [0, 0.05) is 34.8 Å². The topological polar surface area (TPSA) is 15.3 Å². The van der Waals surface area contributed by atoms with Crippen molar-refractivity contribution < 1.29 is 0 Å². The molecule has 4 heteroatoms. The van der Waals surface area contributed by atoms with E-state index in [4.69, 9.17) is 11.6 Å². The quantitative estimate of drug-likeness (QED) is 0.813. The first-order valence-electron chi connectivity index (χ1n) is 6.56. The van der Waals surface area contributed by atoms with Crippen LogP contribution in [0.25, 0.3) is 0 Å². The van der Waals surface area contributed by atoms with Crippen molar-refractivity contribution in [3.8, 4) is 0 Å². The van der Waals surface area contributed by atoms with Crippen molar-refractivity contribution in [1.82, 2.24) is 4.90 Å². The maximum atomic E-state index is 5.99. The summed E-state index contributed by atoms with van der Waals surface area (Å²) in [5.41, 5.74) is 2.37. The highest BCUT2D eigenvalue weighted by molar-refractivity contribution is 9.10. The number of anilines is 1. The zero-order valence-electron chi connectivity index (χ0n) is 11.4. The first kappa shape index (κ1) is 15.4. The molecule has 0 unspecified atom stereocenters. The number of hydrogen-bond donors (Lipinski definition) is 1. The zero-order valence-corrected chi connectivity index (χ0v) is 13.8. The first-order chi connectivity index (χ1) is 9.63. The minimum Gasteiger partial charge on any atom is -0.384 e. The molecule has 0 saturated heterocycles. The molecule has 2 aromatic rings. The Morgan fingerprint density at radius 2 is 1.95 bits per heavy atom. The molecular formula is C16H18BrClN2. The maximum absolute atomic E-state index is 5.99. The minimum absolute atomic E-state index is 0.795. The third kappa shape index (κ3) is 5.16. The van der Waals surface area contributed by atoms with Gasteiger partial charge in [-0.2, -0.15) is 0 Å². The van der Waals surface area contributed by atoms with Crippen LogP contribution in [-0.2, 0) is 6.54 Å². The van der Waals surface area contributed by atoms with E-state index in [0.717, 1.165) is 34.8 Å². The SMILES string of the molecule is CN(CCNc1cccc(Br)c1)Cc1cccc(Cl)c1. The third-order valence-electron chi connectivity index (χ3n) is 2.99. The lowest BCUT2D eigenvalue weighted by atomic mass is 10.2. The largest absolute Gasteiger partial charge is 0.384 e. The van der Waals surface area contributed by atoms with Gasteiger partial charge in [0.1, 0.15) is 0 Å². The number of likely N-dealkylation sites (N-methyl/N-ethyl adjacent to an activating group) is 1. The summed E-state index contributed by atoms with van der Waals surface area (Å²) in [4.78, 5) is 2.27. The van der Waals surface area contributed by atoms with Crippen molar-refractivity contribution in [3.63, 3.8) is 0 Å². The summed E-state index contributed by atoms with van der Waals surface area (Å²) in [5.74, 6) is 0. The predicted octanol–water partition coefficient (Wildman–Crippen LogP) is 4.65. The van der Waals surface area contributed by atoms with Crippen LogP contribution < -0.4 is 5.32 Å². The number of nitrogens with one attached hydrogen (secondary N) is 1. The predicted molar refractivity (Wildman–Crippen MR) is 90.4 cm³/mol. The molecular weight excluding hydrogens is 336 g/mol. The monoisotopic (exact) mass is 352 g/mol. The van der Waals surface area contributed by atoms with Crippen LogP contribution in [0, 0.1) is 0 Å². The second kappa shape index (κ2) is 7.67. The molecule has 0 aliphatic rings. The molecule has 0 bridgehead atoms. The number of rotatable bonds is 6. The molecule has 1 N–H and O–H groups in total. The second-order valence-electron chi connectivity index (χ2n) is 4.80. The standard InChI is InChI=1S/C16H18BrClN2/c1-20(12-13-4-2-6-15(18)10-13)9-8-19-16-7-3-5-14(17)11-16/h2-7,10-11,19H,8-9,12H2,1H3. The van der Waals surface area contributed by atoms with Crippen LogP contribution in [0.4, 0.5) is 5.69 Å². The second-order valence-corrected chi connectivity index (χ2v) is 6.16. The van der Waals surface area contributed by atoms with Gasteiger partial charge in [0.15, 0.2) is 0 Å². The highest BCUT2D eigenvalue weighted by atomic mass is 79.9. The number of halogens is 2. The van der Waals surface area contributed by atoms with Crippen LogP contribution in [0.1, 0.15) is 5.56 Å². The highest BCUT2D eigenvalue weighted by Gasteiger charge is 2.01. The molecule has 2 aromatic carbocycles. The molecule has 0 fully saturated rings. The van der Waals surface area contributed by atoms with E-state index in [1.54, 1.807) is 0 Å². The number of hydrogen-bond acceptors (Lipinski definition) is 2. The highest BCUT2D eigenvalue weighted by Crippen LogP contribution is 2.15. The van der Waals surface area contributed by atoms with Crippen molar-refractivity contribution in [2.45, 2.75) is 6.54 Å². The molecule has 0 aliphatic heterocycles. The van der Waals surface area contributed by atoms with E-state index in [1.165, 1.54) is 5.56 Å². The van der Waals surface area contributed by atoms with Crippen LogP contribution in [0.15, 0.2) is 53.0 Å². The van der Waals surface area contributed by atoms with E-state index in [9.17, 15) is 0 Å². The summed E-state index contributed by atoms with van der Waals surface area (Å²) in [6, 6.07) is 16.2. The normalized spacial score (nSPS) is 10.8. The van der Waals surface area contributed by atoms with E-state index >= 15 is 0 Å². The Morgan fingerprint density at radius 1 is 1.15 bits per heavy atom. The Kier molecular flexibility index (Phi) is 5.89. The summed E-state index contributed by atoms with van der Waals surface area (Å²) in [6.45, 7) is 2.78. The zero-order chi connectivity index (χ0) is 14.4. The fourth-order valence-electron chi connectivity index (χ4n) is 2.02. The average molecular weight is 354 g/mol. The lowest BCUT2D eigenvalue weighted by molar-refractivity contribution is 0.340. The summed E-state index contributed by atoms with van der Waals surface area (Å²) in [5, 5.41) is 4.21. The summed E-state index contributed by atoms with van der Waals surface area (Å²) < 4.78 is 1.09. The van der Waals surface area contributed by atoms with E-state index in [0.29, 0.717) is 0 Å². The van der Waals surface area contributed by atoms with Gasteiger partial charge in [0.2, 0.25) is 0 Å². The van der Waals surface area contributed by atoms with Crippen molar-refractivity contribution in [2.24, 2.45) is 0 Å². The minimum atomic E-state index is 0.795. The van der Waals surface area contributed by atoms with Crippen LogP contribution in [0.2, 0.25) is 5.02 Å². The van der Waals surface area contributed by atoms with Crippen molar-refractivity contribution >= 4 is 33.2 Å². The van der Waals surface area contributed by atoms with Crippen LogP contribution in [0.3, 0.4) is 0 Å². The van der Waals surface area contributed by atoms with Gasteiger partial charge >= 0.3 is 0 Å². The Bertz CT molecular complexity index is 560. The molecule has 0 aromatic heterocycles. The van der Waals surface area contributed by atoms with Crippen LogP contribution in [-0.4, -0.2) is 25.0 Å². The molecule has 20 heavy (non-hydrogen) atoms. The molecule has 0 heterocycles. The Hall–Kier alpha value is -1.03. The summed E-state index contributed by atoms with van der Waals surface area (Å²) >= 11 is 9.46. The van der Waals surface area contributed by atoms with Crippen molar-refractivity contribution in [2.75, 3.05) is 25.5 Å². The van der Waals surface area contributed by atoms with E-state index in [2.05, 4.69) is 51.4 Å². The molecule has 0 amide bonds. The van der Waals surface area contributed by atoms with Gasteiger partial charge in [-0.3, -0.25) is 0 Å². The molecule has 106 valence electrons. The summed E-state index contributed by atoms with van der Waals surface area (Å²) in [6.07, 6.45) is 0. The van der Waals surface area contributed by atoms with Gasteiger partial charge in [-0.05, 0) is 42.9 Å². The van der Waals surface area contributed by atoms with E-state index < -0.39 is 0 Å². The molecule has 0 spiro atoms. The number of nitrogens with zero attached hydrogens (tertiary/aromatic N) is 1. The lowest BCUT2D eigenvalue weighted by Crippen LogP contribution is -2.24. The van der Waals surface area contributed by atoms with E-state index in [-0.39, 0.29) is 0 Å². The molecule has 0 saturated carbocycles. The third-order valence-corrected chi connectivity index (χ3v) is 3.72. The van der Waals surface area contributed by atoms with Gasteiger partial charge in [-0.1, -0.05) is 45.7 Å². The smallest absolute Gasteiger partial charge is 0.0409 e. The summed E-state index contributed by atoms with van der Waals surface area (Å²) in [7, 11) is 2.11. The van der Waals surface area contributed by atoms with Gasteiger partial charge in [-0.25, -0.2) is 0 Å². The fourth-order valence-corrected chi connectivity index (χ4v) is 2.63. The lowest BCUT2D eigenvalue weighted by Gasteiger charge is -2.17. The van der Waals surface area contributed by atoms with Gasteiger partial charge in [0.05, 0.1) is 0 Å². The van der Waals surface area contributed by atoms with Gasteiger partial charge in [-0.15, -0.1) is 0 Å². The van der Waals surface area contributed by atoms with Gasteiger partial charge < -0.3 is 10.2 Å². The molecule has 2 rings (SSSR count). The fraction of sp³-hybridized carbons (Fsp3) is 0.250. The first-order valence-corrected chi connectivity index (χ1v) is 7.73. The van der Waals surface area contributed by atoms with E-state index in [1.807, 2.05) is 30.3 Å². The van der Waals surface area contributed by atoms with Crippen LogP contribution >= 0.6 is 27.5 Å². The Labute approximate surface area is 133 Å². The molecule has 0 radical (unpaired) electrons. The van der Waals surface area contributed by atoms with Crippen molar-refractivity contribution in [3.05, 3.63) is 63.6 Å². The molecule has 0 atom stereocenters. The van der Waals surface area contributed by atoms with Crippen molar-refractivity contribution in [1.29, 1.82) is 0 Å². The Morgan fingerprint density at radius 3 is 2.70 bits per heavy atom. The number of benzene rings is 2.